The fourth-order valence-corrected chi connectivity index (χ4v) is 1.85. The molecule has 1 amide bonds. The van der Waals surface area contributed by atoms with E-state index in [0.29, 0.717) is 5.82 Å². The van der Waals surface area contributed by atoms with E-state index in [1.807, 2.05) is 37.3 Å². The zero-order valence-electron chi connectivity index (χ0n) is 11.1. The third-order valence-electron chi connectivity index (χ3n) is 3.18. The molecule has 4 N–H and O–H groups in total. The van der Waals surface area contributed by atoms with Crippen LogP contribution in [-0.4, -0.2) is 16.1 Å². The van der Waals surface area contributed by atoms with Gasteiger partial charge in [-0.15, -0.1) is 0 Å². The first-order valence-corrected chi connectivity index (χ1v) is 6.23. The van der Waals surface area contributed by atoms with E-state index in [0.717, 1.165) is 17.5 Å². The third-order valence-corrected chi connectivity index (χ3v) is 3.18. The molecule has 2 rings (SSSR count). The van der Waals surface area contributed by atoms with Gasteiger partial charge in [-0.2, -0.15) is 5.10 Å². The lowest BCUT2D eigenvalue weighted by Crippen LogP contribution is -2.45. The Morgan fingerprint density at radius 1 is 1.42 bits per heavy atom. The van der Waals surface area contributed by atoms with E-state index in [4.69, 9.17) is 5.73 Å². The van der Waals surface area contributed by atoms with E-state index in [1.54, 1.807) is 13.1 Å². The quantitative estimate of drug-likeness (QED) is 0.781. The highest BCUT2D eigenvalue weighted by molar-refractivity contribution is 5.98. The molecule has 0 fully saturated rings. The van der Waals surface area contributed by atoms with Gasteiger partial charge < -0.3 is 11.1 Å². The average Bonchev–Trinajstić information content (AvgIpc) is 2.87. The first kappa shape index (κ1) is 13.3. The summed E-state index contributed by atoms with van der Waals surface area (Å²) in [5.74, 6) is 0.345. The number of hydrogen-bond acceptors (Lipinski definition) is 3. The zero-order valence-corrected chi connectivity index (χ0v) is 11.1. The molecule has 0 aliphatic rings. The van der Waals surface area contributed by atoms with Crippen molar-refractivity contribution < 1.29 is 4.79 Å². The van der Waals surface area contributed by atoms with Crippen molar-refractivity contribution in [2.45, 2.75) is 25.8 Å². The van der Waals surface area contributed by atoms with E-state index in [-0.39, 0.29) is 5.91 Å². The Kier molecular flexibility index (Phi) is 3.66. The molecule has 0 spiro atoms. The Balaban J connectivity index is 2.20. The van der Waals surface area contributed by atoms with Crippen LogP contribution in [0.25, 0.3) is 0 Å². The van der Waals surface area contributed by atoms with Crippen LogP contribution in [0.1, 0.15) is 25.0 Å². The Bertz CT molecular complexity index is 560. The lowest BCUT2D eigenvalue weighted by Gasteiger charge is -2.23. The standard InChI is InChI=1S/C14H18N4O/c1-3-10-9-16-18-12(10)17-13(19)14(2,15)11-7-5-4-6-8-11/h4-9H,3,15H2,1-2H3,(H2,16,17,18,19). The van der Waals surface area contributed by atoms with Gasteiger partial charge >= 0.3 is 0 Å². The van der Waals surface area contributed by atoms with E-state index >= 15 is 0 Å². The Morgan fingerprint density at radius 3 is 2.74 bits per heavy atom. The van der Waals surface area contributed by atoms with Crippen molar-refractivity contribution in [3.8, 4) is 0 Å². The Morgan fingerprint density at radius 2 is 2.11 bits per heavy atom. The van der Waals surface area contributed by atoms with Gasteiger partial charge in [0.15, 0.2) is 0 Å². The molecule has 5 nitrogen and oxygen atoms in total. The summed E-state index contributed by atoms with van der Waals surface area (Å²) >= 11 is 0. The van der Waals surface area contributed by atoms with Crippen LogP contribution in [0, 0.1) is 0 Å². The summed E-state index contributed by atoms with van der Waals surface area (Å²) in [7, 11) is 0. The first-order chi connectivity index (χ1) is 9.05. The number of nitrogens with zero attached hydrogens (tertiary/aromatic N) is 1. The number of benzene rings is 1. The molecule has 1 atom stereocenters. The number of carbonyl (C=O) groups excluding carboxylic acids is 1. The number of hydrogen-bond donors (Lipinski definition) is 3. The van der Waals surface area contributed by atoms with Gasteiger partial charge in [0.05, 0.1) is 6.20 Å². The number of carbonyl (C=O) groups is 1. The van der Waals surface area contributed by atoms with Gasteiger partial charge in [-0.3, -0.25) is 9.89 Å². The molecule has 0 saturated carbocycles. The molecule has 2 aromatic rings. The van der Waals surface area contributed by atoms with Gasteiger partial charge in [0, 0.05) is 5.56 Å². The van der Waals surface area contributed by atoms with Crippen LogP contribution in [0.4, 0.5) is 5.82 Å². The summed E-state index contributed by atoms with van der Waals surface area (Å²) in [6.07, 6.45) is 2.49. The lowest BCUT2D eigenvalue weighted by atomic mass is 9.92. The molecule has 0 aliphatic carbocycles. The summed E-state index contributed by atoms with van der Waals surface area (Å²) < 4.78 is 0. The summed E-state index contributed by atoms with van der Waals surface area (Å²) in [6, 6.07) is 9.30. The Hall–Kier alpha value is -2.14. The fraction of sp³-hybridized carbons (Fsp3) is 0.286. The zero-order chi connectivity index (χ0) is 13.9. The van der Waals surface area contributed by atoms with Gasteiger partial charge in [0.25, 0.3) is 0 Å². The topological polar surface area (TPSA) is 83.8 Å². The van der Waals surface area contributed by atoms with Crippen molar-refractivity contribution in [1.82, 2.24) is 10.2 Å². The number of aryl methyl sites for hydroxylation is 1. The van der Waals surface area contributed by atoms with Crippen LogP contribution in [0.5, 0.6) is 0 Å². The molecule has 100 valence electrons. The van der Waals surface area contributed by atoms with Crippen LogP contribution < -0.4 is 11.1 Å². The minimum Gasteiger partial charge on any atom is -0.314 e. The summed E-state index contributed by atoms with van der Waals surface area (Å²) in [5, 5.41) is 9.49. The predicted octanol–water partition coefficient (Wildman–Crippen LogP) is 1.78. The number of aromatic amines is 1. The predicted molar refractivity (Wildman–Crippen MR) is 74.6 cm³/mol. The molecular weight excluding hydrogens is 240 g/mol. The molecule has 1 aromatic heterocycles. The van der Waals surface area contributed by atoms with Crippen molar-refractivity contribution in [1.29, 1.82) is 0 Å². The molecule has 19 heavy (non-hydrogen) atoms. The highest BCUT2D eigenvalue weighted by atomic mass is 16.2. The lowest BCUT2D eigenvalue weighted by molar-refractivity contribution is -0.120. The van der Waals surface area contributed by atoms with Crippen molar-refractivity contribution in [2.75, 3.05) is 5.32 Å². The van der Waals surface area contributed by atoms with E-state index in [2.05, 4.69) is 15.5 Å². The second-order valence-corrected chi connectivity index (χ2v) is 4.65. The van der Waals surface area contributed by atoms with Gasteiger partial charge in [-0.25, -0.2) is 0 Å². The maximum absolute atomic E-state index is 12.3. The second-order valence-electron chi connectivity index (χ2n) is 4.65. The second kappa shape index (κ2) is 5.24. The molecule has 0 aliphatic heterocycles. The molecular formula is C14H18N4O. The largest absolute Gasteiger partial charge is 0.314 e. The van der Waals surface area contributed by atoms with Crippen LogP contribution in [0.15, 0.2) is 36.5 Å². The maximum atomic E-state index is 12.3. The molecule has 1 unspecified atom stereocenters. The van der Waals surface area contributed by atoms with E-state index in [1.165, 1.54) is 0 Å². The molecule has 0 saturated heterocycles. The summed E-state index contributed by atoms with van der Waals surface area (Å²) in [4.78, 5) is 12.3. The van der Waals surface area contributed by atoms with Crippen LogP contribution in [0.3, 0.4) is 0 Å². The van der Waals surface area contributed by atoms with Crippen molar-refractivity contribution in [2.24, 2.45) is 5.73 Å². The van der Waals surface area contributed by atoms with Crippen molar-refractivity contribution >= 4 is 11.7 Å². The smallest absolute Gasteiger partial charge is 0.249 e. The highest BCUT2D eigenvalue weighted by Crippen LogP contribution is 2.20. The van der Waals surface area contributed by atoms with Gasteiger partial charge in [-0.05, 0) is 18.9 Å². The van der Waals surface area contributed by atoms with Crippen molar-refractivity contribution in [3.63, 3.8) is 0 Å². The van der Waals surface area contributed by atoms with Gasteiger partial charge in [0.2, 0.25) is 5.91 Å². The normalized spacial score (nSPS) is 13.8. The summed E-state index contributed by atoms with van der Waals surface area (Å²) in [6.45, 7) is 3.69. The minimum atomic E-state index is -1.09. The van der Waals surface area contributed by atoms with Gasteiger partial charge in [0.1, 0.15) is 11.4 Å². The average molecular weight is 258 g/mol. The number of nitrogens with one attached hydrogen (secondary N) is 2. The number of nitrogens with two attached hydrogens (primary N) is 1. The molecule has 0 bridgehead atoms. The number of aromatic nitrogens is 2. The van der Waals surface area contributed by atoms with Crippen LogP contribution >= 0.6 is 0 Å². The Labute approximate surface area is 112 Å². The number of rotatable bonds is 4. The van der Waals surface area contributed by atoms with Crippen LogP contribution in [0.2, 0.25) is 0 Å². The number of anilines is 1. The molecule has 0 radical (unpaired) electrons. The minimum absolute atomic E-state index is 0.266. The fourth-order valence-electron chi connectivity index (χ4n) is 1.85. The first-order valence-electron chi connectivity index (χ1n) is 6.23. The molecule has 5 heteroatoms. The monoisotopic (exact) mass is 258 g/mol. The van der Waals surface area contributed by atoms with Gasteiger partial charge in [-0.1, -0.05) is 37.3 Å². The third kappa shape index (κ3) is 2.66. The summed E-state index contributed by atoms with van der Waals surface area (Å²) in [5.41, 5.74) is 6.78. The maximum Gasteiger partial charge on any atom is 0.249 e. The SMILES string of the molecule is CCc1cn[nH]c1NC(=O)C(C)(N)c1ccccc1. The van der Waals surface area contributed by atoms with E-state index < -0.39 is 5.54 Å². The molecule has 1 heterocycles. The van der Waals surface area contributed by atoms with Crippen molar-refractivity contribution in [3.05, 3.63) is 47.7 Å². The van der Waals surface area contributed by atoms with Crippen LogP contribution in [-0.2, 0) is 16.8 Å². The number of amides is 1. The number of H-pyrrole nitrogens is 1. The highest BCUT2D eigenvalue weighted by Gasteiger charge is 2.31. The van der Waals surface area contributed by atoms with E-state index in [9.17, 15) is 4.79 Å². The molecule has 1 aromatic carbocycles.